The molecule has 2 aromatic heterocycles. The van der Waals surface area contributed by atoms with Crippen molar-refractivity contribution in [2.75, 3.05) is 0 Å². The lowest BCUT2D eigenvalue weighted by Crippen LogP contribution is -2.41. The largest absolute Gasteiger partial charge is 0.340 e. The van der Waals surface area contributed by atoms with Crippen LogP contribution in [0.15, 0.2) is 47.0 Å². The number of amides is 1. The maximum Gasteiger partial charge on any atom is 0.244 e. The quantitative estimate of drug-likeness (QED) is 0.698. The summed E-state index contributed by atoms with van der Waals surface area (Å²) in [6, 6.07) is 12.2. The van der Waals surface area contributed by atoms with E-state index in [9.17, 15) is 4.79 Å². The van der Waals surface area contributed by atoms with Crippen LogP contribution in [0.4, 0.5) is 0 Å². The zero-order valence-corrected chi connectivity index (χ0v) is 16.3. The standard InChI is InChI=1S/C21H24N4O2/c1-14-13-17(15(2)25(14)18-9-7-6-8-10-18)11-12-19(26)23-21(4,5)20-22-16(3)27-24-20/h6-13H,1-5H3,(H,23,26)/b12-11+. The number of aromatic nitrogens is 3. The molecule has 0 unspecified atom stereocenters. The van der Waals surface area contributed by atoms with Crippen LogP contribution in [0.1, 0.15) is 42.5 Å². The van der Waals surface area contributed by atoms with E-state index in [0.717, 1.165) is 22.6 Å². The lowest BCUT2D eigenvalue weighted by atomic mass is 10.0. The van der Waals surface area contributed by atoms with E-state index in [2.05, 4.69) is 45.1 Å². The Morgan fingerprint density at radius 2 is 1.89 bits per heavy atom. The van der Waals surface area contributed by atoms with E-state index >= 15 is 0 Å². The Kier molecular flexibility index (Phi) is 4.99. The van der Waals surface area contributed by atoms with Crippen LogP contribution in [0.2, 0.25) is 0 Å². The third-order valence-electron chi connectivity index (χ3n) is 4.42. The summed E-state index contributed by atoms with van der Waals surface area (Å²) >= 11 is 0. The molecule has 0 saturated heterocycles. The molecule has 0 saturated carbocycles. The van der Waals surface area contributed by atoms with Crippen LogP contribution in [0.5, 0.6) is 0 Å². The summed E-state index contributed by atoms with van der Waals surface area (Å²) in [5.74, 6) is 0.701. The van der Waals surface area contributed by atoms with Gasteiger partial charge in [-0.15, -0.1) is 0 Å². The van der Waals surface area contributed by atoms with Crippen molar-refractivity contribution in [3.63, 3.8) is 0 Å². The highest BCUT2D eigenvalue weighted by Crippen LogP contribution is 2.22. The molecule has 6 heteroatoms. The van der Waals surface area contributed by atoms with Crippen molar-refractivity contribution >= 4 is 12.0 Å². The molecule has 1 N–H and O–H groups in total. The number of rotatable bonds is 5. The van der Waals surface area contributed by atoms with Gasteiger partial charge in [0.1, 0.15) is 0 Å². The maximum absolute atomic E-state index is 12.4. The van der Waals surface area contributed by atoms with Gasteiger partial charge in [0, 0.05) is 30.1 Å². The van der Waals surface area contributed by atoms with Crippen molar-refractivity contribution in [1.82, 2.24) is 20.0 Å². The van der Waals surface area contributed by atoms with Gasteiger partial charge in [0.15, 0.2) is 5.82 Å². The topological polar surface area (TPSA) is 73.0 Å². The molecule has 27 heavy (non-hydrogen) atoms. The average molecular weight is 364 g/mol. The van der Waals surface area contributed by atoms with Crippen molar-refractivity contribution in [1.29, 1.82) is 0 Å². The molecule has 0 aliphatic heterocycles. The summed E-state index contributed by atoms with van der Waals surface area (Å²) < 4.78 is 7.17. The molecule has 6 nitrogen and oxygen atoms in total. The van der Waals surface area contributed by atoms with Crippen LogP contribution < -0.4 is 5.32 Å². The summed E-state index contributed by atoms with van der Waals surface area (Å²) in [6.07, 6.45) is 3.36. The Hall–Kier alpha value is -3.15. The molecule has 0 radical (unpaired) electrons. The van der Waals surface area contributed by atoms with Crippen LogP contribution in [-0.2, 0) is 10.3 Å². The van der Waals surface area contributed by atoms with E-state index in [1.807, 2.05) is 45.0 Å². The van der Waals surface area contributed by atoms with Gasteiger partial charge in [-0.05, 0) is 57.5 Å². The first-order chi connectivity index (χ1) is 12.8. The number of hydrogen-bond acceptors (Lipinski definition) is 4. The van der Waals surface area contributed by atoms with Gasteiger partial charge in [0.25, 0.3) is 0 Å². The van der Waals surface area contributed by atoms with Crippen LogP contribution >= 0.6 is 0 Å². The molecule has 0 aliphatic rings. The second-order valence-electron chi connectivity index (χ2n) is 7.08. The molecule has 0 bridgehead atoms. The van der Waals surface area contributed by atoms with E-state index in [1.165, 1.54) is 6.08 Å². The van der Waals surface area contributed by atoms with Crippen molar-refractivity contribution < 1.29 is 9.32 Å². The fourth-order valence-electron chi connectivity index (χ4n) is 3.05. The Bertz CT molecular complexity index is 981. The monoisotopic (exact) mass is 364 g/mol. The number of benzene rings is 1. The van der Waals surface area contributed by atoms with E-state index in [4.69, 9.17) is 4.52 Å². The Balaban J connectivity index is 1.77. The Morgan fingerprint density at radius 1 is 1.19 bits per heavy atom. The smallest absolute Gasteiger partial charge is 0.244 e. The van der Waals surface area contributed by atoms with E-state index in [0.29, 0.717) is 11.7 Å². The summed E-state index contributed by atoms with van der Waals surface area (Å²) in [5, 5.41) is 6.80. The highest BCUT2D eigenvalue weighted by Gasteiger charge is 2.27. The molecule has 0 atom stereocenters. The first kappa shape index (κ1) is 18.6. The van der Waals surface area contributed by atoms with Gasteiger partial charge in [-0.3, -0.25) is 4.79 Å². The fraction of sp³-hybridized carbons (Fsp3) is 0.286. The van der Waals surface area contributed by atoms with Crippen molar-refractivity contribution in [2.24, 2.45) is 0 Å². The molecular formula is C21H24N4O2. The van der Waals surface area contributed by atoms with Gasteiger partial charge in [-0.1, -0.05) is 23.4 Å². The molecular weight excluding hydrogens is 340 g/mol. The minimum absolute atomic E-state index is 0.216. The van der Waals surface area contributed by atoms with Crippen LogP contribution in [0.3, 0.4) is 0 Å². The first-order valence-electron chi connectivity index (χ1n) is 8.83. The highest BCUT2D eigenvalue weighted by atomic mass is 16.5. The van der Waals surface area contributed by atoms with Crippen molar-refractivity contribution in [2.45, 2.75) is 40.2 Å². The minimum atomic E-state index is -0.722. The SMILES string of the molecule is Cc1nc(C(C)(C)NC(=O)/C=C/c2cc(C)n(-c3ccccc3)c2C)no1. The predicted octanol–water partition coefficient (Wildman–Crippen LogP) is 3.85. The maximum atomic E-state index is 12.4. The molecule has 3 aromatic rings. The van der Waals surface area contributed by atoms with Crippen LogP contribution in [-0.4, -0.2) is 20.6 Å². The molecule has 140 valence electrons. The lowest BCUT2D eigenvalue weighted by Gasteiger charge is -2.21. The number of nitrogens with zero attached hydrogens (tertiary/aromatic N) is 3. The van der Waals surface area contributed by atoms with E-state index in [-0.39, 0.29) is 5.91 Å². The molecule has 3 rings (SSSR count). The molecule has 0 fully saturated rings. The molecule has 1 amide bonds. The summed E-state index contributed by atoms with van der Waals surface area (Å²) in [4.78, 5) is 16.6. The zero-order chi connectivity index (χ0) is 19.6. The minimum Gasteiger partial charge on any atom is -0.340 e. The van der Waals surface area contributed by atoms with Gasteiger partial charge >= 0.3 is 0 Å². The second-order valence-corrected chi connectivity index (χ2v) is 7.08. The van der Waals surface area contributed by atoms with Gasteiger partial charge < -0.3 is 14.4 Å². The van der Waals surface area contributed by atoms with Gasteiger partial charge in [-0.25, -0.2) is 0 Å². The zero-order valence-electron chi connectivity index (χ0n) is 16.3. The van der Waals surface area contributed by atoms with Gasteiger partial charge in [0.05, 0.1) is 5.54 Å². The normalized spacial score (nSPS) is 11.9. The number of carbonyl (C=O) groups excluding carboxylic acids is 1. The third-order valence-corrected chi connectivity index (χ3v) is 4.42. The van der Waals surface area contributed by atoms with E-state index < -0.39 is 5.54 Å². The van der Waals surface area contributed by atoms with Crippen molar-refractivity contribution in [3.05, 3.63) is 71.1 Å². The number of aryl methyl sites for hydroxylation is 2. The molecule has 2 heterocycles. The van der Waals surface area contributed by atoms with Crippen LogP contribution in [0.25, 0.3) is 11.8 Å². The van der Waals surface area contributed by atoms with E-state index in [1.54, 1.807) is 6.92 Å². The Morgan fingerprint density at radius 3 is 2.52 bits per heavy atom. The van der Waals surface area contributed by atoms with Crippen LogP contribution in [0, 0.1) is 20.8 Å². The summed E-state index contributed by atoms with van der Waals surface area (Å²) in [6.45, 7) is 9.49. The summed E-state index contributed by atoms with van der Waals surface area (Å²) in [7, 11) is 0. The predicted molar refractivity (Wildman–Crippen MR) is 104 cm³/mol. The summed E-state index contributed by atoms with van der Waals surface area (Å²) in [5.41, 5.74) is 3.57. The highest BCUT2D eigenvalue weighted by molar-refractivity contribution is 5.92. The fourth-order valence-corrected chi connectivity index (χ4v) is 3.05. The molecule has 1 aromatic carbocycles. The lowest BCUT2D eigenvalue weighted by molar-refractivity contribution is -0.118. The van der Waals surface area contributed by atoms with Gasteiger partial charge in [-0.2, -0.15) is 4.98 Å². The second kappa shape index (κ2) is 7.23. The third kappa shape index (κ3) is 4.00. The van der Waals surface area contributed by atoms with Crippen molar-refractivity contribution in [3.8, 4) is 5.69 Å². The average Bonchev–Trinajstić information content (AvgIpc) is 3.17. The Labute approximate surface area is 158 Å². The number of nitrogens with one attached hydrogen (secondary N) is 1. The molecule has 0 spiro atoms. The number of para-hydroxylation sites is 1. The molecule has 0 aliphatic carbocycles. The van der Waals surface area contributed by atoms with Gasteiger partial charge in [0.2, 0.25) is 11.8 Å². The first-order valence-corrected chi connectivity index (χ1v) is 8.83. The number of hydrogen-bond donors (Lipinski definition) is 1. The number of carbonyl (C=O) groups is 1.